The van der Waals surface area contributed by atoms with Crippen molar-refractivity contribution in [3.05, 3.63) is 57.2 Å². The first-order valence-corrected chi connectivity index (χ1v) is 9.59. The van der Waals surface area contributed by atoms with E-state index in [0.717, 1.165) is 6.42 Å². The van der Waals surface area contributed by atoms with E-state index in [0.29, 0.717) is 40.4 Å². The lowest BCUT2D eigenvalue weighted by Gasteiger charge is -2.20. The van der Waals surface area contributed by atoms with Crippen molar-refractivity contribution < 1.29 is 9.18 Å². The highest BCUT2D eigenvalue weighted by atomic mass is 32.1. The number of amides is 1. The largest absolute Gasteiger partial charge is 0.325 e. The number of thiophene rings is 1. The highest BCUT2D eigenvalue weighted by Crippen LogP contribution is 2.15. The van der Waals surface area contributed by atoms with Crippen LogP contribution in [-0.4, -0.2) is 33.9 Å². The van der Waals surface area contributed by atoms with E-state index < -0.39 is 0 Å². The van der Waals surface area contributed by atoms with Crippen LogP contribution in [0.5, 0.6) is 0 Å². The summed E-state index contributed by atoms with van der Waals surface area (Å²) < 4.78 is 14.2. The van der Waals surface area contributed by atoms with Gasteiger partial charge in [0.25, 0.3) is 5.56 Å². The Morgan fingerprint density at radius 3 is 2.93 bits per heavy atom. The molecule has 2 N–H and O–H groups in total. The number of aryl methyl sites for hydroxylation is 1. The highest BCUT2D eigenvalue weighted by Gasteiger charge is 2.14. The summed E-state index contributed by atoms with van der Waals surface area (Å²) in [4.78, 5) is 33.6. The van der Waals surface area contributed by atoms with Gasteiger partial charge in [0, 0.05) is 5.69 Å². The third kappa shape index (κ3) is 4.78. The fraction of sp³-hybridized carbons (Fsp3) is 0.316. The minimum atomic E-state index is -0.357. The molecule has 0 saturated carbocycles. The van der Waals surface area contributed by atoms with E-state index in [1.54, 1.807) is 19.1 Å². The van der Waals surface area contributed by atoms with Crippen LogP contribution in [0.4, 0.5) is 10.1 Å². The fourth-order valence-electron chi connectivity index (χ4n) is 2.81. The molecular formula is C19H21FN4O2S. The summed E-state index contributed by atoms with van der Waals surface area (Å²) in [7, 11) is 0. The first kappa shape index (κ1) is 19.2. The van der Waals surface area contributed by atoms with Crippen LogP contribution >= 0.6 is 11.3 Å². The first-order chi connectivity index (χ1) is 13.0. The molecule has 1 amide bonds. The summed E-state index contributed by atoms with van der Waals surface area (Å²) in [5.41, 5.74) is 1.45. The molecule has 3 aromatic rings. The summed E-state index contributed by atoms with van der Waals surface area (Å²) in [5, 5.41) is 4.54. The molecule has 0 aliphatic heterocycles. The van der Waals surface area contributed by atoms with Gasteiger partial charge in [-0.1, -0.05) is 13.0 Å². The summed E-state index contributed by atoms with van der Waals surface area (Å²) >= 11 is 1.35. The van der Waals surface area contributed by atoms with Gasteiger partial charge < -0.3 is 10.3 Å². The molecule has 0 atom stereocenters. The lowest BCUT2D eigenvalue weighted by Crippen LogP contribution is -2.34. The molecule has 142 valence electrons. The van der Waals surface area contributed by atoms with Crippen molar-refractivity contribution in [1.82, 2.24) is 14.9 Å². The number of benzene rings is 1. The van der Waals surface area contributed by atoms with Gasteiger partial charge in [-0.15, -0.1) is 11.3 Å². The zero-order chi connectivity index (χ0) is 19.4. The van der Waals surface area contributed by atoms with Crippen molar-refractivity contribution >= 4 is 33.1 Å². The van der Waals surface area contributed by atoms with Crippen LogP contribution in [0, 0.1) is 12.7 Å². The Kier molecular flexibility index (Phi) is 5.98. The molecule has 2 aromatic heterocycles. The second kappa shape index (κ2) is 8.41. The molecule has 6 nitrogen and oxygen atoms in total. The Morgan fingerprint density at radius 1 is 1.37 bits per heavy atom. The Hall–Kier alpha value is -2.58. The maximum atomic E-state index is 13.6. The fourth-order valence-corrected chi connectivity index (χ4v) is 3.54. The highest BCUT2D eigenvalue weighted by molar-refractivity contribution is 7.17. The molecule has 0 radical (unpaired) electrons. The topological polar surface area (TPSA) is 78.1 Å². The molecule has 8 heteroatoms. The Balaban J connectivity index is 1.69. The number of nitrogens with zero attached hydrogens (tertiary/aromatic N) is 2. The minimum Gasteiger partial charge on any atom is -0.325 e. The molecular weight excluding hydrogens is 367 g/mol. The number of anilines is 1. The summed E-state index contributed by atoms with van der Waals surface area (Å²) in [6.07, 6.45) is 0.845. The number of hydrogen-bond acceptors (Lipinski definition) is 5. The van der Waals surface area contributed by atoms with Crippen LogP contribution in [-0.2, 0) is 11.3 Å². The maximum absolute atomic E-state index is 13.6. The van der Waals surface area contributed by atoms with Crippen LogP contribution in [0.25, 0.3) is 10.2 Å². The van der Waals surface area contributed by atoms with Gasteiger partial charge in [-0.3, -0.25) is 14.5 Å². The van der Waals surface area contributed by atoms with Crippen LogP contribution in [0.1, 0.15) is 24.7 Å². The number of aromatic amines is 1. The van der Waals surface area contributed by atoms with E-state index in [-0.39, 0.29) is 23.8 Å². The SMILES string of the molecule is CCCN(CC(=O)Nc1ccc(C)c(F)c1)Cc1nc2ccsc2c(=O)[nH]1. The van der Waals surface area contributed by atoms with Crippen LogP contribution in [0.3, 0.4) is 0 Å². The van der Waals surface area contributed by atoms with Crippen molar-refractivity contribution in [1.29, 1.82) is 0 Å². The van der Waals surface area contributed by atoms with Crippen LogP contribution in [0.15, 0.2) is 34.4 Å². The molecule has 2 heterocycles. The predicted molar refractivity (Wildman–Crippen MR) is 106 cm³/mol. The number of H-pyrrole nitrogens is 1. The predicted octanol–water partition coefficient (Wildman–Crippen LogP) is 3.28. The Morgan fingerprint density at radius 2 is 2.19 bits per heavy atom. The van der Waals surface area contributed by atoms with Crippen LogP contribution in [0.2, 0.25) is 0 Å². The smallest absolute Gasteiger partial charge is 0.268 e. The van der Waals surface area contributed by atoms with Gasteiger partial charge in [-0.05, 0) is 49.0 Å². The molecule has 0 fully saturated rings. The number of fused-ring (bicyclic) bond motifs is 1. The molecule has 0 saturated heterocycles. The van der Waals surface area contributed by atoms with E-state index in [4.69, 9.17) is 0 Å². The summed E-state index contributed by atoms with van der Waals surface area (Å²) in [6.45, 7) is 4.82. The van der Waals surface area contributed by atoms with Gasteiger partial charge in [-0.2, -0.15) is 0 Å². The standard InChI is InChI=1S/C19H21FN4O2S/c1-3-7-24(10-16-22-15-6-8-27-18(15)19(26)23-16)11-17(25)21-13-5-4-12(2)14(20)9-13/h4-6,8-9H,3,7,10-11H2,1-2H3,(H,21,25)(H,22,23,26). The molecule has 3 rings (SSSR count). The third-order valence-corrected chi connectivity index (χ3v) is 5.00. The van der Waals surface area contributed by atoms with Crippen molar-refractivity contribution in [2.75, 3.05) is 18.4 Å². The van der Waals surface area contributed by atoms with E-state index in [9.17, 15) is 14.0 Å². The van der Waals surface area contributed by atoms with E-state index in [2.05, 4.69) is 15.3 Å². The molecule has 0 aliphatic rings. The van der Waals surface area contributed by atoms with E-state index >= 15 is 0 Å². The van der Waals surface area contributed by atoms with Crippen LogP contribution < -0.4 is 10.9 Å². The lowest BCUT2D eigenvalue weighted by molar-refractivity contribution is -0.117. The first-order valence-electron chi connectivity index (χ1n) is 8.71. The number of hydrogen-bond donors (Lipinski definition) is 2. The van der Waals surface area contributed by atoms with Gasteiger partial charge in [0.1, 0.15) is 16.3 Å². The van der Waals surface area contributed by atoms with Crippen molar-refractivity contribution in [3.63, 3.8) is 0 Å². The van der Waals surface area contributed by atoms with Gasteiger partial charge in [-0.25, -0.2) is 9.37 Å². The normalized spacial score (nSPS) is 11.3. The number of aromatic nitrogens is 2. The van der Waals surface area contributed by atoms with Crippen molar-refractivity contribution in [3.8, 4) is 0 Å². The van der Waals surface area contributed by atoms with E-state index in [1.807, 2.05) is 23.3 Å². The molecule has 27 heavy (non-hydrogen) atoms. The average molecular weight is 388 g/mol. The maximum Gasteiger partial charge on any atom is 0.268 e. The Labute approximate surface area is 160 Å². The summed E-state index contributed by atoms with van der Waals surface area (Å²) in [5.74, 6) is -0.0803. The van der Waals surface area contributed by atoms with Gasteiger partial charge >= 0.3 is 0 Å². The average Bonchev–Trinajstić information content (AvgIpc) is 3.07. The number of carbonyl (C=O) groups excluding carboxylic acids is 1. The molecule has 0 spiro atoms. The summed E-state index contributed by atoms with van der Waals surface area (Å²) in [6, 6.07) is 6.41. The zero-order valence-electron chi connectivity index (χ0n) is 15.2. The lowest BCUT2D eigenvalue weighted by atomic mass is 10.2. The van der Waals surface area contributed by atoms with Gasteiger partial charge in [0.15, 0.2) is 0 Å². The molecule has 0 aliphatic carbocycles. The molecule has 1 aromatic carbocycles. The number of rotatable bonds is 7. The molecule has 0 unspecified atom stereocenters. The molecule has 0 bridgehead atoms. The third-order valence-electron chi connectivity index (χ3n) is 4.10. The number of carbonyl (C=O) groups is 1. The zero-order valence-corrected chi connectivity index (χ0v) is 16.0. The van der Waals surface area contributed by atoms with Crippen molar-refractivity contribution in [2.45, 2.75) is 26.8 Å². The van der Waals surface area contributed by atoms with E-state index in [1.165, 1.54) is 17.4 Å². The second-order valence-electron chi connectivity index (χ2n) is 6.37. The van der Waals surface area contributed by atoms with Gasteiger partial charge in [0.05, 0.1) is 18.6 Å². The number of halogens is 1. The van der Waals surface area contributed by atoms with Crippen molar-refractivity contribution in [2.24, 2.45) is 0 Å². The minimum absolute atomic E-state index is 0.120. The number of nitrogens with one attached hydrogen (secondary N) is 2. The quantitative estimate of drug-likeness (QED) is 0.651. The second-order valence-corrected chi connectivity index (χ2v) is 7.29. The van der Waals surface area contributed by atoms with Gasteiger partial charge in [0.2, 0.25) is 5.91 Å². The Bertz CT molecular complexity index is 1010. The monoisotopic (exact) mass is 388 g/mol.